The topological polar surface area (TPSA) is 122 Å². The second kappa shape index (κ2) is 9.23. The first-order valence-corrected chi connectivity index (χ1v) is 11.8. The van der Waals surface area contributed by atoms with Crippen molar-refractivity contribution in [3.63, 3.8) is 0 Å². The summed E-state index contributed by atoms with van der Waals surface area (Å²) in [6.45, 7) is 4.71. The van der Waals surface area contributed by atoms with Crippen LogP contribution in [0.25, 0.3) is 11.0 Å². The fourth-order valence-corrected chi connectivity index (χ4v) is 5.57. The molecule has 1 saturated heterocycles. The third kappa shape index (κ3) is 4.71. The average Bonchev–Trinajstić information content (AvgIpc) is 3.21. The molecular weight excluding hydrogens is 430 g/mol. The first-order valence-electron chi connectivity index (χ1n) is 9.58. The monoisotopic (exact) mass is 455 g/mol. The molecule has 0 aliphatic carbocycles. The lowest BCUT2D eigenvalue weighted by molar-refractivity contribution is -0.135. The summed E-state index contributed by atoms with van der Waals surface area (Å²) in [4.78, 5) is 26.2. The zero-order valence-corrected chi connectivity index (χ0v) is 18.7. The number of carbonyl (C=O) groups is 2. The second-order valence-electron chi connectivity index (χ2n) is 7.44. The summed E-state index contributed by atoms with van der Waals surface area (Å²) in [6, 6.07) is 4.17. The standard InChI is InChI=1S/C18H25N5O5S2/c1-12(2)11-14(19-18(25)28-3)17(24)22-7-9-23(10-8-22)30(26,27)15-6-4-5-13-16(15)21-29-20-13/h4-6,12,14H,7-11H2,1-3H3,(H,19,25). The normalized spacial score (nSPS) is 16.6. The molecule has 3 rings (SSSR count). The summed E-state index contributed by atoms with van der Waals surface area (Å²) in [5.74, 6) is -0.0538. The molecule has 0 radical (unpaired) electrons. The number of fused-ring (bicyclic) bond motifs is 1. The Morgan fingerprint density at radius 1 is 1.20 bits per heavy atom. The van der Waals surface area contributed by atoms with Crippen molar-refractivity contribution in [2.45, 2.75) is 31.2 Å². The van der Waals surface area contributed by atoms with Gasteiger partial charge in [0.25, 0.3) is 0 Å². The number of sulfonamides is 1. The zero-order chi connectivity index (χ0) is 21.9. The van der Waals surface area contributed by atoms with Crippen LogP contribution in [-0.2, 0) is 19.6 Å². The number of benzene rings is 1. The Labute approximate surface area is 179 Å². The van der Waals surface area contributed by atoms with Crippen LogP contribution in [0.5, 0.6) is 0 Å². The minimum Gasteiger partial charge on any atom is -0.453 e. The first kappa shape index (κ1) is 22.4. The molecule has 1 N–H and O–H groups in total. The van der Waals surface area contributed by atoms with E-state index < -0.39 is 22.2 Å². The van der Waals surface area contributed by atoms with Gasteiger partial charge in [-0.2, -0.15) is 13.1 Å². The van der Waals surface area contributed by atoms with Crippen molar-refractivity contribution in [3.8, 4) is 0 Å². The molecule has 0 spiro atoms. The van der Waals surface area contributed by atoms with Crippen LogP contribution in [0.2, 0.25) is 0 Å². The molecule has 12 heteroatoms. The SMILES string of the molecule is COC(=O)NC(CC(C)C)C(=O)N1CCN(S(=O)(=O)c2cccc3nsnc23)CC1. The molecular formula is C18H25N5O5S2. The van der Waals surface area contributed by atoms with E-state index in [1.54, 1.807) is 17.0 Å². The molecule has 2 aromatic rings. The van der Waals surface area contributed by atoms with E-state index in [1.807, 2.05) is 13.8 Å². The average molecular weight is 456 g/mol. The van der Waals surface area contributed by atoms with Gasteiger partial charge in [-0.1, -0.05) is 19.9 Å². The number of amides is 2. The largest absolute Gasteiger partial charge is 0.453 e. The Bertz CT molecular complexity index is 1010. The van der Waals surface area contributed by atoms with E-state index in [1.165, 1.54) is 17.5 Å². The molecule has 164 valence electrons. The van der Waals surface area contributed by atoms with Gasteiger partial charge in [0.1, 0.15) is 22.0 Å². The summed E-state index contributed by atoms with van der Waals surface area (Å²) in [7, 11) is -2.52. The van der Waals surface area contributed by atoms with Gasteiger partial charge < -0.3 is 15.0 Å². The van der Waals surface area contributed by atoms with Crippen molar-refractivity contribution in [1.29, 1.82) is 0 Å². The fourth-order valence-electron chi connectivity index (χ4n) is 3.39. The maximum Gasteiger partial charge on any atom is 0.407 e. The number of methoxy groups -OCH3 is 1. The molecule has 1 aromatic heterocycles. The number of ether oxygens (including phenoxy) is 1. The second-order valence-corrected chi connectivity index (χ2v) is 9.87. The van der Waals surface area contributed by atoms with Gasteiger partial charge in [-0.25, -0.2) is 13.2 Å². The highest BCUT2D eigenvalue weighted by atomic mass is 32.2. The molecule has 2 heterocycles. The molecule has 1 aliphatic heterocycles. The van der Waals surface area contributed by atoms with Crippen molar-refractivity contribution in [1.82, 2.24) is 23.3 Å². The summed E-state index contributed by atoms with van der Waals surface area (Å²) in [6.07, 6.45) is -0.203. The Morgan fingerprint density at radius 2 is 1.90 bits per heavy atom. The number of rotatable bonds is 6. The minimum atomic E-state index is -3.76. The smallest absolute Gasteiger partial charge is 0.407 e. The van der Waals surface area contributed by atoms with Crippen LogP contribution in [0.1, 0.15) is 20.3 Å². The van der Waals surface area contributed by atoms with Gasteiger partial charge in [-0.15, -0.1) is 0 Å². The van der Waals surface area contributed by atoms with E-state index in [4.69, 9.17) is 0 Å². The van der Waals surface area contributed by atoms with Crippen molar-refractivity contribution < 1.29 is 22.7 Å². The number of nitrogens with zero attached hydrogens (tertiary/aromatic N) is 4. The Kier molecular flexibility index (Phi) is 6.88. The van der Waals surface area contributed by atoms with Crippen LogP contribution in [0.15, 0.2) is 23.1 Å². The van der Waals surface area contributed by atoms with Gasteiger partial charge in [0.2, 0.25) is 15.9 Å². The molecule has 0 saturated carbocycles. The van der Waals surface area contributed by atoms with Gasteiger partial charge in [-0.3, -0.25) is 4.79 Å². The molecule has 2 amide bonds. The van der Waals surface area contributed by atoms with E-state index in [2.05, 4.69) is 18.8 Å². The Morgan fingerprint density at radius 3 is 2.53 bits per heavy atom. The van der Waals surface area contributed by atoms with E-state index in [-0.39, 0.29) is 42.9 Å². The molecule has 0 bridgehead atoms. The Balaban J connectivity index is 1.70. The molecule has 1 aromatic carbocycles. The molecule has 1 unspecified atom stereocenters. The molecule has 10 nitrogen and oxygen atoms in total. The van der Waals surface area contributed by atoms with Crippen molar-refractivity contribution >= 4 is 44.8 Å². The van der Waals surface area contributed by atoms with Crippen LogP contribution >= 0.6 is 11.7 Å². The van der Waals surface area contributed by atoms with Crippen molar-refractivity contribution in [2.24, 2.45) is 5.92 Å². The highest BCUT2D eigenvalue weighted by molar-refractivity contribution is 7.89. The molecule has 30 heavy (non-hydrogen) atoms. The van der Waals surface area contributed by atoms with Crippen LogP contribution in [0, 0.1) is 5.92 Å². The number of carbonyl (C=O) groups excluding carboxylic acids is 2. The summed E-state index contributed by atoms with van der Waals surface area (Å²) >= 11 is 0.968. The maximum absolute atomic E-state index is 13.1. The minimum absolute atomic E-state index is 0.124. The van der Waals surface area contributed by atoms with Gasteiger partial charge in [-0.05, 0) is 24.5 Å². The quantitative estimate of drug-likeness (QED) is 0.696. The summed E-state index contributed by atoms with van der Waals surface area (Å²) in [5, 5.41) is 2.58. The number of aromatic nitrogens is 2. The number of piperazine rings is 1. The third-order valence-electron chi connectivity index (χ3n) is 4.90. The lowest BCUT2D eigenvalue weighted by Crippen LogP contribution is -2.56. The summed E-state index contributed by atoms with van der Waals surface area (Å²) < 4.78 is 40.4. The summed E-state index contributed by atoms with van der Waals surface area (Å²) in [5.41, 5.74) is 0.903. The maximum atomic E-state index is 13.1. The highest BCUT2D eigenvalue weighted by Crippen LogP contribution is 2.25. The first-order chi connectivity index (χ1) is 14.2. The number of hydrogen-bond acceptors (Lipinski definition) is 8. The number of hydrogen-bond donors (Lipinski definition) is 1. The van der Waals surface area contributed by atoms with Crippen LogP contribution in [-0.4, -0.2) is 77.7 Å². The van der Waals surface area contributed by atoms with Gasteiger partial charge >= 0.3 is 6.09 Å². The van der Waals surface area contributed by atoms with Gasteiger partial charge in [0.15, 0.2) is 0 Å². The molecule has 1 fully saturated rings. The number of alkyl carbamates (subject to hydrolysis) is 1. The fraction of sp³-hybridized carbons (Fsp3) is 0.556. The van der Waals surface area contributed by atoms with E-state index in [0.29, 0.717) is 17.5 Å². The molecule has 1 atom stereocenters. The Hall–Kier alpha value is -2.31. The van der Waals surface area contributed by atoms with Gasteiger partial charge in [0, 0.05) is 26.2 Å². The van der Waals surface area contributed by atoms with Crippen molar-refractivity contribution in [2.75, 3.05) is 33.3 Å². The highest BCUT2D eigenvalue weighted by Gasteiger charge is 2.34. The van der Waals surface area contributed by atoms with Crippen LogP contribution < -0.4 is 5.32 Å². The molecule has 1 aliphatic rings. The van der Waals surface area contributed by atoms with E-state index in [0.717, 1.165) is 11.7 Å². The predicted octanol–water partition coefficient (Wildman–Crippen LogP) is 1.29. The lowest BCUT2D eigenvalue weighted by Gasteiger charge is -2.36. The van der Waals surface area contributed by atoms with E-state index >= 15 is 0 Å². The van der Waals surface area contributed by atoms with Crippen LogP contribution in [0.3, 0.4) is 0 Å². The lowest BCUT2D eigenvalue weighted by atomic mass is 10.0. The zero-order valence-electron chi connectivity index (χ0n) is 17.1. The predicted molar refractivity (Wildman–Crippen MR) is 112 cm³/mol. The van der Waals surface area contributed by atoms with E-state index in [9.17, 15) is 18.0 Å². The van der Waals surface area contributed by atoms with Crippen LogP contribution in [0.4, 0.5) is 4.79 Å². The van der Waals surface area contributed by atoms with Gasteiger partial charge in [0.05, 0.1) is 18.8 Å². The number of nitrogens with one attached hydrogen (secondary N) is 1. The van der Waals surface area contributed by atoms with Crippen molar-refractivity contribution in [3.05, 3.63) is 18.2 Å². The third-order valence-corrected chi connectivity index (χ3v) is 7.37.